The first-order chi connectivity index (χ1) is 9.87. The van der Waals surface area contributed by atoms with Gasteiger partial charge in [-0.05, 0) is 57.4 Å². The van der Waals surface area contributed by atoms with Crippen molar-refractivity contribution in [2.75, 3.05) is 5.73 Å². The van der Waals surface area contributed by atoms with Crippen LogP contribution >= 0.6 is 15.9 Å². The van der Waals surface area contributed by atoms with Gasteiger partial charge in [0.05, 0.1) is 0 Å². The average molecular weight is 364 g/mol. The summed E-state index contributed by atoms with van der Waals surface area (Å²) in [5.74, 6) is 0.487. The maximum absolute atomic E-state index is 12.1. The van der Waals surface area contributed by atoms with Gasteiger partial charge in [0.25, 0.3) is 0 Å². The molecule has 2 rings (SSSR count). The van der Waals surface area contributed by atoms with Gasteiger partial charge < -0.3 is 5.73 Å². The minimum atomic E-state index is -4.12. The fraction of sp³-hybridized carbons (Fsp3) is 0.417. The van der Waals surface area contributed by atoms with Crippen LogP contribution in [-0.4, -0.2) is 26.4 Å². The van der Waals surface area contributed by atoms with E-state index in [1.165, 1.54) is 4.68 Å². The number of nitrogens with two attached hydrogens (primary N) is 1. The Kier molecular flexibility index (Phi) is 4.81. The smallest absolute Gasteiger partial charge is 0.389 e. The van der Waals surface area contributed by atoms with Gasteiger partial charge in [-0.1, -0.05) is 0 Å². The van der Waals surface area contributed by atoms with Gasteiger partial charge in [0, 0.05) is 28.7 Å². The zero-order valence-electron chi connectivity index (χ0n) is 10.9. The zero-order chi connectivity index (χ0) is 15.5. The second kappa shape index (κ2) is 6.42. The number of unbranched alkanes of at least 4 members (excludes halogenated alkanes) is 1. The van der Waals surface area contributed by atoms with E-state index in [0.29, 0.717) is 24.5 Å². The number of anilines is 1. The average Bonchev–Trinajstić information content (AvgIpc) is 2.85. The summed E-state index contributed by atoms with van der Waals surface area (Å²) in [6.45, 7) is 0.328. The third-order valence-corrected chi connectivity index (χ3v) is 3.59. The number of rotatable bonds is 5. The topological polar surface area (TPSA) is 69.6 Å². The third kappa shape index (κ3) is 4.42. The molecule has 0 bridgehead atoms. The first kappa shape index (κ1) is 15.7. The summed E-state index contributed by atoms with van der Waals surface area (Å²) in [6, 6.07) is 5.27. The number of nitrogens with zero attached hydrogens (tertiary/aromatic N) is 4. The highest BCUT2D eigenvalue weighted by Crippen LogP contribution is 2.26. The molecule has 2 N–H and O–H groups in total. The molecule has 1 aromatic heterocycles. The highest BCUT2D eigenvalue weighted by molar-refractivity contribution is 9.10. The van der Waals surface area contributed by atoms with Crippen LogP contribution in [0.1, 0.15) is 19.3 Å². The van der Waals surface area contributed by atoms with Crippen LogP contribution in [0.2, 0.25) is 0 Å². The third-order valence-electron chi connectivity index (χ3n) is 2.87. The summed E-state index contributed by atoms with van der Waals surface area (Å²) in [6.07, 6.45) is -4.52. The molecule has 0 fully saturated rings. The lowest BCUT2D eigenvalue weighted by atomic mass is 10.2. The summed E-state index contributed by atoms with van der Waals surface area (Å²) in [5, 5.41) is 11.3. The molecule has 0 aliphatic heterocycles. The van der Waals surface area contributed by atoms with E-state index in [9.17, 15) is 13.2 Å². The lowest BCUT2D eigenvalue weighted by molar-refractivity contribution is -0.135. The zero-order valence-corrected chi connectivity index (χ0v) is 12.5. The van der Waals surface area contributed by atoms with Crippen LogP contribution < -0.4 is 5.73 Å². The van der Waals surface area contributed by atoms with Crippen LogP contribution in [0.5, 0.6) is 0 Å². The highest BCUT2D eigenvalue weighted by atomic mass is 79.9. The summed E-state index contributed by atoms with van der Waals surface area (Å²) in [7, 11) is 0. The van der Waals surface area contributed by atoms with Gasteiger partial charge in [-0.25, -0.2) is 4.68 Å². The van der Waals surface area contributed by atoms with E-state index in [0.717, 1.165) is 10.0 Å². The van der Waals surface area contributed by atoms with Crippen molar-refractivity contribution in [3.8, 4) is 11.4 Å². The number of tetrazole rings is 1. The summed E-state index contributed by atoms with van der Waals surface area (Å²) >= 11 is 3.29. The van der Waals surface area contributed by atoms with Crippen molar-refractivity contribution < 1.29 is 13.2 Å². The molecule has 0 spiro atoms. The number of nitrogen functional groups attached to an aromatic ring is 1. The van der Waals surface area contributed by atoms with Gasteiger partial charge in [0.15, 0.2) is 5.82 Å². The van der Waals surface area contributed by atoms with E-state index in [4.69, 9.17) is 5.73 Å². The molecule has 114 valence electrons. The molecule has 1 heterocycles. The van der Waals surface area contributed by atoms with Crippen molar-refractivity contribution in [3.63, 3.8) is 0 Å². The molecule has 21 heavy (non-hydrogen) atoms. The van der Waals surface area contributed by atoms with Crippen LogP contribution in [0.15, 0.2) is 22.7 Å². The Morgan fingerprint density at radius 1 is 1.24 bits per heavy atom. The quantitative estimate of drug-likeness (QED) is 0.652. The lowest BCUT2D eigenvalue weighted by Crippen LogP contribution is -2.08. The van der Waals surface area contributed by atoms with Crippen LogP contribution in [0.25, 0.3) is 11.4 Å². The van der Waals surface area contributed by atoms with Gasteiger partial charge in [-0.3, -0.25) is 0 Å². The standard InChI is InChI=1S/C12H13BrF3N5/c13-9-4-3-8(7-10(9)17)11-18-19-20-21(11)6-2-1-5-12(14,15)16/h3-4,7H,1-2,5-6,17H2. The van der Waals surface area contributed by atoms with Gasteiger partial charge in [0.1, 0.15) is 0 Å². The van der Waals surface area contributed by atoms with Gasteiger partial charge in [0.2, 0.25) is 0 Å². The number of hydrogen-bond donors (Lipinski definition) is 1. The van der Waals surface area contributed by atoms with Gasteiger partial charge in [-0.2, -0.15) is 13.2 Å². The Hall–Kier alpha value is -1.64. The Labute approximate surface area is 127 Å². The van der Waals surface area contributed by atoms with Crippen molar-refractivity contribution in [2.24, 2.45) is 0 Å². The number of halogens is 4. The molecule has 5 nitrogen and oxygen atoms in total. The molecule has 9 heteroatoms. The Balaban J connectivity index is 2.03. The van der Waals surface area contributed by atoms with Gasteiger partial charge >= 0.3 is 6.18 Å². The maximum atomic E-state index is 12.1. The Bertz CT molecular complexity index is 611. The monoisotopic (exact) mass is 363 g/mol. The minimum Gasteiger partial charge on any atom is -0.398 e. The second-order valence-electron chi connectivity index (χ2n) is 4.53. The maximum Gasteiger partial charge on any atom is 0.389 e. The first-order valence-corrected chi connectivity index (χ1v) is 7.04. The molecular formula is C12H13BrF3N5. The number of alkyl halides is 3. The van der Waals surface area contributed by atoms with Crippen LogP contribution in [-0.2, 0) is 6.54 Å². The summed E-state index contributed by atoms with van der Waals surface area (Å²) < 4.78 is 38.5. The fourth-order valence-corrected chi connectivity index (χ4v) is 2.08. The number of aromatic nitrogens is 4. The van der Waals surface area contributed by atoms with Crippen molar-refractivity contribution >= 4 is 21.6 Å². The molecule has 0 unspecified atom stereocenters. The second-order valence-corrected chi connectivity index (χ2v) is 5.39. The SMILES string of the molecule is Nc1cc(-c2nnnn2CCCCC(F)(F)F)ccc1Br. The largest absolute Gasteiger partial charge is 0.398 e. The first-order valence-electron chi connectivity index (χ1n) is 6.25. The molecule has 0 aliphatic rings. The molecular weight excluding hydrogens is 351 g/mol. The molecule has 1 aromatic carbocycles. The number of hydrogen-bond acceptors (Lipinski definition) is 4. The van der Waals surface area contributed by atoms with Crippen LogP contribution in [0, 0.1) is 0 Å². The summed E-state index contributed by atoms with van der Waals surface area (Å²) in [5.41, 5.74) is 7.06. The van der Waals surface area contributed by atoms with Crippen molar-refractivity contribution in [3.05, 3.63) is 22.7 Å². The summed E-state index contributed by atoms with van der Waals surface area (Å²) in [4.78, 5) is 0. The van der Waals surface area contributed by atoms with E-state index in [1.54, 1.807) is 18.2 Å². The van der Waals surface area contributed by atoms with Gasteiger partial charge in [-0.15, -0.1) is 5.10 Å². The molecule has 0 saturated carbocycles. The van der Waals surface area contributed by atoms with E-state index in [-0.39, 0.29) is 6.42 Å². The Morgan fingerprint density at radius 3 is 2.67 bits per heavy atom. The number of aryl methyl sites for hydroxylation is 1. The molecule has 0 amide bonds. The van der Waals surface area contributed by atoms with E-state index in [2.05, 4.69) is 31.5 Å². The van der Waals surface area contributed by atoms with E-state index >= 15 is 0 Å². The van der Waals surface area contributed by atoms with Crippen molar-refractivity contribution in [2.45, 2.75) is 32.0 Å². The van der Waals surface area contributed by atoms with E-state index in [1.807, 2.05) is 0 Å². The highest BCUT2D eigenvalue weighted by Gasteiger charge is 2.25. The van der Waals surface area contributed by atoms with Crippen molar-refractivity contribution in [1.29, 1.82) is 0 Å². The molecule has 2 aromatic rings. The fourth-order valence-electron chi connectivity index (χ4n) is 1.83. The molecule has 0 aliphatic carbocycles. The molecule has 0 saturated heterocycles. The predicted octanol–water partition coefficient (Wildman–Crippen LogP) is 3.42. The predicted molar refractivity (Wildman–Crippen MR) is 75.3 cm³/mol. The van der Waals surface area contributed by atoms with E-state index < -0.39 is 12.6 Å². The Morgan fingerprint density at radius 2 is 2.00 bits per heavy atom. The minimum absolute atomic E-state index is 0.0469. The molecule has 0 atom stereocenters. The van der Waals surface area contributed by atoms with Crippen molar-refractivity contribution in [1.82, 2.24) is 20.2 Å². The van der Waals surface area contributed by atoms with Crippen LogP contribution in [0.3, 0.4) is 0 Å². The normalized spacial score (nSPS) is 11.8. The number of benzene rings is 1. The lowest BCUT2D eigenvalue weighted by Gasteiger charge is -2.07. The molecule has 0 radical (unpaired) electrons. The van der Waals surface area contributed by atoms with Crippen LogP contribution in [0.4, 0.5) is 18.9 Å².